The minimum Gasteiger partial charge on any atom is -0.351 e. The van der Waals surface area contributed by atoms with Crippen molar-refractivity contribution in [1.29, 1.82) is 5.26 Å². The van der Waals surface area contributed by atoms with Gasteiger partial charge in [-0.05, 0) is 41.9 Å². The summed E-state index contributed by atoms with van der Waals surface area (Å²) in [6, 6.07) is 23.9. The van der Waals surface area contributed by atoms with Gasteiger partial charge in [0, 0.05) is 67.7 Å². The predicted molar refractivity (Wildman–Crippen MR) is 155 cm³/mol. The molecule has 2 N–H and O–H groups in total. The molecule has 0 aliphatic carbocycles. The molecule has 198 valence electrons. The molecule has 0 atom stereocenters. The number of nitriles is 1. The number of hydrogen-bond acceptors (Lipinski definition) is 7. The molecule has 5 rings (SSSR count). The highest BCUT2D eigenvalue weighted by atomic mass is 16.1. The highest BCUT2D eigenvalue weighted by molar-refractivity contribution is 5.97. The number of benzene rings is 3. The van der Waals surface area contributed by atoms with Crippen molar-refractivity contribution in [3.05, 3.63) is 84.1 Å². The Hall–Kier alpha value is -4.32. The SMILES string of the molecule is CCN1CCN(Cc2cccc(Nc3ncc4cccc(-c5ccc(C(=O)NCCC#N)cc5)c4n3)c2)CC1. The average molecular weight is 520 g/mol. The predicted octanol–water partition coefficient (Wildman–Crippen LogP) is 4.82. The van der Waals surface area contributed by atoms with Crippen LogP contribution in [0.5, 0.6) is 0 Å². The summed E-state index contributed by atoms with van der Waals surface area (Å²) in [5, 5.41) is 15.8. The third-order valence-electron chi connectivity index (χ3n) is 7.09. The standard InChI is InChI=1S/C31H33N7O/c1-2-37-16-18-38(19-17-37)22-23-6-3-8-27(20-23)35-31-34-21-26-7-4-9-28(29(26)36-31)24-10-12-25(13-11-24)30(39)33-15-5-14-32/h3-4,6-13,20-21H,2,5,15-19,22H2,1H3,(H,33,39)(H,34,35,36). The summed E-state index contributed by atoms with van der Waals surface area (Å²) in [4.78, 5) is 26.7. The normalized spacial score (nSPS) is 14.2. The van der Waals surface area contributed by atoms with E-state index in [1.807, 2.05) is 48.7 Å². The van der Waals surface area contributed by atoms with Crippen LogP contribution in [0.3, 0.4) is 0 Å². The van der Waals surface area contributed by atoms with Gasteiger partial charge in [-0.3, -0.25) is 9.69 Å². The quantitative estimate of drug-likeness (QED) is 0.306. The van der Waals surface area contributed by atoms with Gasteiger partial charge in [-0.25, -0.2) is 9.97 Å². The summed E-state index contributed by atoms with van der Waals surface area (Å²) >= 11 is 0. The smallest absolute Gasteiger partial charge is 0.251 e. The minimum absolute atomic E-state index is 0.186. The number of nitrogens with one attached hydrogen (secondary N) is 2. The number of fused-ring (bicyclic) bond motifs is 1. The Kier molecular flexibility index (Phi) is 8.42. The van der Waals surface area contributed by atoms with Crippen LogP contribution in [0, 0.1) is 11.3 Å². The van der Waals surface area contributed by atoms with E-state index < -0.39 is 0 Å². The van der Waals surface area contributed by atoms with Crippen LogP contribution in [0.25, 0.3) is 22.0 Å². The molecular formula is C31H33N7O. The first kappa shape index (κ1) is 26.3. The molecule has 0 bridgehead atoms. The van der Waals surface area contributed by atoms with Crippen LogP contribution in [0.15, 0.2) is 72.9 Å². The Morgan fingerprint density at radius 2 is 1.77 bits per heavy atom. The van der Waals surface area contributed by atoms with E-state index in [1.165, 1.54) is 5.56 Å². The Morgan fingerprint density at radius 3 is 2.54 bits per heavy atom. The van der Waals surface area contributed by atoms with Gasteiger partial charge in [0.05, 0.1) is 18.0 Å². The zero-order chi connectivity index (χ0) is 27.0. The number of carbonyl (C=O) groups is 1. The van der Waals surface area contributed by atoms with Crippen LogP contribution in [0.4, 0.5) is 11.6 Å². The number of nitrogens with zero attached hydrogens (tertiary/aromatic N) is 5. The van der Waals surface area contributed by atoms with E-state index in [-0.39, 0.29) is 12.3 Å². The lowest BCUT2D eigenvalue weighted by atomic mass is 10.0. The van der Waals surface area contributed by atoms with Gasteiger partial charge < -0.3 is 15.5 Å². The Morgan fingerprint density at radius 1 is 1.00 bits per heavy atom. The molecule has 1 saturated heterocycles. The first-order chi connectivity index (χ1) is 19.1. The van der Waals surface area contributed by atoms with Gasteiger partial charge in [0.1, 0.15) is 0 Å². The highest BCUT2D eigenvalue weighted by Gasteiger charge is 2.16. The maximum atomic E-state index is 12.3. The third-order valence-corrected chi connectivity index (χ3v) is 7.09. The first-order valence-corrected chi connectivity index (χ1v) is 13.4. The molecule has 39 heavy (non-hydrogen) atoms. The molecule has 1 aliphatic heterocycles. The van der Waals surface area contributed by atoms with E-state index in [2.05, 4.69) is 50.5 Å². The molecule has 0 radical (unpaired) electrons. The van der Waals surface area contributed by atoms with E-state index in [0.29, 0.717) is 18.1 Å². The molecule has 1 aromatic heterocycles. The van der Waals surface area contributed by atoms with Crippen molar-refractivity contribution in [2.75, 3.05) is 44.6 Å². The molecule has 0 saturated carbocycles. The number of anilines is 2. The fraction of sp³-hybridized carbons (Fsp3) is 0.290. The lowest BCUT2D eigenvalue weighted by molar-refractivity contribution is 0.0954. The molecular weight excluding hydrogens is 486 g/mol. The third kappa shape index (κ3) is 6.58. The number of hydrogen-bond donors (Lipinski definition) is 2. The first-order valence-electron chi connectivity index (χ1n) is 13.4. The van der Waals surface area contributed by atoms with Gasteiger partial charge in [0.2, 0.25) is 5.95 Å². The van der Waals surface area contributed by atoms with E-state index in [1.54, 1.807) is 12.1 Å². The number of aromatic nitrogens is 2. The van der Waals surface area contributed by atoms with Gasteiger partial charge in [0.25, 0.3) is 5.91 Å². The molecule has 3 aromatic carbocycles. The molecule has 2 heterocycles. The van der Waals surface area contributed by atoms with Crippen LogP contribution in [-0.4, -0.2) is 64.9 Å². The van der Waals surface area contributed by atoms with E-state index >= 15 is 0 Å². The van der Waals surface area contributed by atoms with Crippen molar-refractivity contribution in [3.63, 3.8) is 0 Å². The number of rotatable bonds is 9. The lowest BCUT2D eigenvalue weighted by Crippen LogP contribution is -2.45. The lowest BCUT2D eigenvalue weighted by Gasteiger charge is -2.34. The minimum atomic E-state index is -0.186. The van der Waals surface area contributed by atoms with Gasteiger partial charge in [-0.1, -0.05) is 49.4 Å². The van der Waals surface area contributed by atoms with Gasteiger partial charge >= 0.3 is 0 Å². The molecule has 8 heteroatoms. The van der Waals surface area contributed by atoms with Crippen molar-refractivity contribution in [2.45, 2.75) is 19.9 Å². The molecule has 1 fully saturated rings. The second kappa shape index (κ2) is 12.5. The van der Waals surface area contributed by atoms with Gasteiger partial charge in [0.15, 0.2) is 0 Å². The van der Waals surface area contributed by atoms with E-state index in [4.69, 9.17) is 10.2 Å². The summed E-state index contributed by atoms with van der Waals surface area (Å²) in [5.41, 5.74) is 5.55. The topological polar surface area (TPSA) is 97.2 Å². The van der Waals surface area contributed by atoms with Crippen LogP contribution in [0.2, 0.25) is 0 Å². The van der Waals surface area contributed by atoms with Crippen LogP contribution in [0.1, 0.15) is 29.3 Å². The van der Waals surface area contributed by atoms with Crippen molar-refractivity contribution < 1.29 is 4.79 Å². The van der Waals surface area contributed by atoms with Crippen molar-refractivity contribution >= 4 is 28.4 Å². The number of piperazine rings is 1. The second-order valence-electron chi connectivity index (χ2n) is 9.71. The zero-order valence-electron chi connectivity index (χ0n) is 22.2. The molecule has 4 aromatic rings. The number of carbonyl (C=O) groups excluding carboxylic acids is 1. The Labute approximate surface area is 229 Å². The van der Waals surface area contributed by atoms with Crippen LogP contribution < -0.4 is 10.6 Å². The van der Waals surface area contributed by atoms with Crippen molar-refractivity contribution in [2.24, 2.45) is 0 Å². The molecule has 1 amide bonds. The average Bonchev–Trinajstić information content (AvgIpc) is 2.97. The molecule has 0 spiro atoms. The summed E-state index contributed by atoms with van der Waals surface area (Å²) < 4.78 is 0. The van der Waals surface area contributed by atoms with Crippen LogP contribution >= 0.6 is 0 Å². The van der Waals surface area contributed by atoms with Gasteiger partial charge in [-0.15, -0.1) is 0 Å². The van der Waals surface area contributed by atoms with E-state index in [9.17, 15) is 4.79 Å². The molecule has 1 aliphatic rings. The Bertz CT molecular complexity index is 1470. The second-order valence-corrected chi connectivity index (χ2v) is 9.71. The number of amides is 1. The number of para-hydroxylation sites is 1. The maximum absolute atomic E-state index is 12.3. The van der Waals surface area contributed by atoms with Gasteiger partial charge in [-0.2, -0.15) is 5.26 Å². The fourth-order valence-corrected chi connectivity index (χ4v) is 4.88. The van der Waals surface area contributed by atoms with E-state index in [0.717, 1.165) is 67.0 Å². The summed E-state index contributed by atoms with van der Waals surface area (Å²) in [6.45, 7) is 9.05. The van der Waals surface area contributed by atoms with Crippen molar-refractivity contribution in [1.82, 2.24) is 25.1 Å². The molecule has 0 unspecified atom stereocenters. The molecule has 8 nitrogen and oxygen atoms in total. The van der Waals surface area contributed by atoms with Crippen LogP contribution in [-0.2, 0) is 6.54 Å². The highest BCUT2D eigenvalue weighted by Crippen LogP contribution is 2.28. The summed E-state index contributed by atoms with van der Waals surface area (Å²) in [7, 11) is 0. The maximum Gasteiger partial charge on any atom is 0.251 e. The van der Waals surface area contributed by atoms with Crippen molar-refractivity contribution in [3.8, 4) is 17.2 Å². The fourth-order valence-electron chi connectivity index (χ4n) is 4.88. The largest absolute Gasteiger partial charge is 0.351 e. The monoisotopic (exact) mass is 519 g/mol. The number of likely N-dealkylation sites (N-methyl/N-ethyl adjacent to an activating group) is 1. The summed E-state index contributed by atoms with van der Waals surface area (Å²) in [5.74, 6) is 0.353. The Balaban J connectivity index is 1.31. The summed E-state index contributed by atoms with van der Waals surface area (Å²) in [6.07, 6.45) is 2.12. The zero-order valence-corrected chi connectivity index (χ0v) is 22.2.